The first-order valence-corrected chi connectivity index (χ1v) is 9.63. The lowest BCUT2D eigenvalue weighted by Crippen LogP contribution is -2.42. The van der Waals surface area contributed by atoms with E-state index in [4.69, 9.17) is 14.2 Å². The standard InChI is InChI=1S/C21H21N3O6/c25-19(7-8-20(26)24-9-10-28-16-4-2-1-3-15(16)24)22-23-21(27)14-5-6-17-18(13-14)30-12-11-29-17/h1-6,13H,7-12H2,(H,22,25)(H,23,27). The summed E-state index contributed by atoms with van der Waals surface area (Å²) in [6, 6.07) is 12.0. The number of benzene rings is 2. The van der Waals surface area contributed by atoms with Gasteiger partial charge in [0.15, 0.2) is 11.5 Å². The number of hydrogen-bond donors (Lipinski definition) is 2. The Morgan fingerprint density at radius 2 is 1.60 bits per heavy atom. The Balaban J connectivity index is 1.26. The third kappa shape index (κ3) is 4.29. The molecule has 2 aliphatic heterocycles. The number of nitrogens with zero attached hydrogens (tertiary/aromatic N) is 1. The molecule has 0 radical (unpaired) electrons. The van der Waals surface area contributed by atoms with Crippen LogP contribution in [0.2, 0.25) is 0 Å². The van der Waals surface area contributed by atoms with Crippen LogP contribution in [0.25, 0.3) is 0 Å². The minimum absolute atomic E-state index is 0.0140. The lowest BCUT2D eigenvalue weighted by Gasteiger charge is -2.29. The Bertz CT molecular complexity index is 977. The third-order valence-electron chi connectivity index (χ3n) is 4.72. The van der Waals surface area contributed by atoms with Crippen LogP contribution in [0.4, 0.5) is 5.69 Å². The SMILES string of the molecule is O=C(CCC(=O)N1CCOc2ccccc21)NNC(=O)c1ccc2c(c1)OCCO2. The van der Waals surface area contributed by atoms with E-state index in [1.54, 1.807) is 35.2 Å². The van der Waals surface area contributed by atoms with Crippen molar-refractivity contribution in [1.82, 2.24) is 10.9 Å². The molecule has 4 rings (SSSR count). The summed E-state index contributed by atoms with van der Waals surface area (Å²) in [4.78, 5) is 38.5. The molecule has 0 saturated carbocycles. The normalized spacial score (nSPS) is 14.2. The first-order chi connectivity index (χ1) is 14.6. The first-order valence-electron chi connectivity index (χ1n) is 9.63. The van der Waals surface area contributed by atoms with Crippen molar-refractivity contribution in [2.24, 2.45) is 0 Å². The lowest BCUT2D eigenvalue weighted by atomic mass is 10.2. The van der Waals surface area contributed by atoms with Gasteiger partial charge in [-0.2, -0.15) is 0 Å². The van der Waals surface area contributed by atoms with Gasteiger partial charge in [0.05, 0.1) is 12.2 Å². The van der Waals surface area contributed by atoms with Crippen LogP contribution >= 0.6 is 0 Å². The van der Waals surface area contributed by atoms with Crippen molar-refractivity contribution in [1.29, 1.82) is 0 Å². The van der Waals surface area contributed by atoms with Gasteiger partial charge >= 0.3 is 0 Å². The number of carbonyl (C=O) groups is 3. The molecule has 0 spiro atoms. The number of fused-ring (bicyclic) bond motifs is 2. The Kier molecular flexibility index (Phi) is 5.69. The molecule has 0 saturated heterocycles. The highest BCUT2D eigenvalue weighted by molar-refractivity contribution is 5.98. The van der Waals surface area contributed by atoms with Gasteiger partial charge in [-0.05, 0) is 30.3 Å². The maximum absolute atomic E-state index is 12.5. The molecule has 0 fully saturated rings. The van der Waals surface area contributed by atoms with E-state index < -0.39 is 11.8 Å². The lowest BCUT2D eigenvalue weighted by molar-refractivity contribution is -0.125. The topological polar surface area (TPSA) is 106 Å². The molecular formula is C21H21N3O6. The van der Waals surface area contributed by atoms with Crippen molar-refractivity contribution >= 4 is 23.4 Å². The molecule has 2 aliphatic rings. The van der Waals surface area contributed by atoms with Crippen molar-refractivity contribution in [3.8, 4) is 17.2 Å². The van der Waals surface area contributed by atoms with Crippen molar-refractivity contribution in [2.75, 3.05) is 31.3 Å². The monoisotopic (exact) mass is 411 g/mol. The summed E-state index contributed by atoms with van der Waals surface area (Å²) in [5.41, 5.74) is 5.69. The zero-order valence-corrected chi connectivity index (χ0v) is 16.2. The number of para-hydroxylation sites is 2. The average molecular weight is 411 g/mol. The quantitative estimate of drug-likeness (QED) is 0.738. The number of nitrogens with one attached hydrogen (secondary N) is 2. The minimum Gasteiger partial charge on any atom is -0.490 e. The van der Waals surface area contributed by atoms with E-state index in [9.17, 15) is 14.4 Å². The van der Waals surface area contributed by atoms with Crippen LogP contribution in [0.15, 0.2) is 42.5 Å². The van der Waals surface area contributed by atoms with Gasteiger partial charge in [-0.15, -0.1) is 0 Å². The highest BCUT2D eigenvalue weighted by atomic mass is 16.6. The van der Waals surface area contributed by atoms with Gasteiger partial charge in [-0.25, -0.2) is 0 Å². The van der Waals surface area contributed by atoms with Crippen LogP contribution in [0.1, 0.15) is 23.2 Å². The number of carbonyl (C=O) groups excluding carboxylic acids is 3. The third-order valence-corrected chi connectivity index (χ3v) is 4.72. The second-order valence-corrected chi connectivity index (χ2v) is 6.72. The molecule has 156 valence electrons. The summed E-state index contributed by atoms with van der Waals surface area (Å²) in [5.74, 6) is 0.568. The highest BCUT2D eigenvalue weighted by Crippen LogP contribution is 2.32. The zero-order chi connectivity index (χ0) is 20.9. The van der Waals surface area contributed by atoms with Gasteiger partial charge in [0.1, 0.15) is 25.6 Å². The summed E-state index contributed by atoms with van der Waals surface area (Å²) in [5, 5.41) is 0. The van der Waals surface area contributed by atoms with Crippen LogP contribution in [-0.4, -0.2) is 44.1 Å². The molecule has 9 nitrogen and oxygen atoms in total. The summed E-state index contributed by atoms with van der Waals surface area (Å²) >= 11 is 0. The predicted molar refractivity (Wildman–Crippen MR) is 107 cm³/mol. The molecule has 2 aromatic carbocycles. The predicted octanol–water partition coefficient (Wildman–Crippen LogP) is 1.42. The highest BCUT2D eigenvalue weighted by Gasteiger charge is 2.23. The Morgan fingerprint density at radius 1 is 0.833 bits per heavy atom. The summed E-state index contributed by atoms with van der Waals surface area (Å²) in [7, 11) is 0. The van der Waals surface area contributed by atoms with E-state index in [0.29, 0.717) is 54.9 Å². The first kappa shape index (κ1) is 19.6. The number of anilines is 1. The molecule has 0 aliphatic carbocycles. The van der Waals surface area contributed by atoms with Crippen molar-refractivity contribution in [2.45, 2.75) is 12.8 Å². The van der Waals surface area contributed by atoms with E-state index in [1.165, 1.54) is 0 Å². The summed E-state index contributed by atoms with van der Waals surface area (Å²) < 4.78 is 16.4. The molecule has 0 atom stereocenters. The van der Waals surface area contributed by atoms with Gasteiger partial charge < -0.3 is 19.1 Å². The number of rotatable bonds is 4. The summed E-state index contributed by atoms with van der Waals surface area (Å²) in [6.07, 6.45) is -0.0418. The second-order valence-electron chi connectivity index (χ2n) is 6.72. The average Bonchev–Trinajstić information content (AvgIpc) is 2.80. The van der Waals surface area contributed by atoms with E-state index in [0.717, 1.165) is 0 Å². The fourth-order valence-electron chi connectivity index (χ4n) is 3.23. The van der Waals surface area contributed by atoms with Gasteiger partial charge in [0.25, 0.3) is 5.91 Å². The van der Waals surface area contributed by atoms with Crippen molar-refractivity contribution in [3.05, 3.63) is 48.0 Å². The van der Waals surface area contributed by atoms with E-state index >= 15 is 0 Å². The van der Waals surface area contributed by atoms with E-state index in [-0.39, 0.29) is 18.7 Å². The molecule has 2 heterocycles. The van der Waals surface area contributed by atoms with Crippen LogP contribution < -0.4 is 30.0 Å². The van der Waals surface area contributed by atoms with Gasteiger partial charge in [-0.3, -0.25) is 25.2 Å². The van der Waals surface area contributed by atoms with Gasteiger partial charge in [0, 0.05) is 18.4 Å². The molecule has 0 aromatic heterocycles. The Hall–Kier alpha value is -3.75. The molecule has 9 heteroatoms. The molecular weight excluding hydrogens is 390 g/mol. The van der Waals surface area contributed by atoms with Crippen LogP contribution in [0.3, 0.4) is 0 Å². The Morgan fingerprint density at radius 3 is 2.47 bits per heavy atom. The fourth-order valence-corrected chi connectivity index (χ4v) is 3.23. The number of amides is 3. The van der Waals surface area contributed by atoms with E-state index in [1.807, 2.05) is 12.1 Å². The molecule has 30 heavy (non-hydrogen) atoms. The fraction of sp³-hybridized carbons (Fsp3) is 0.286. The maximum Gasteiger partial charge on any atom is 0.269 e. The number of ether oxygens (including phenoxy) is 3. The van der Waals surface area contributed by atoms with Crippen LogP contribution in [-0.2, 0) is 9.59 Å². The smallest absolute Gasteiger partial charge is 0.269 e. The molecule has 2 aromatic rings. The largest absolute Gasteiger partial charge is 0.490 e. The minimum atomic E-state index is -0.492. The van der Waals surface area contributed by atoms with Crippen molar-refractivity contribution in [3.63, 3.8) is 0 Å². The van der Waals surface area contributed by atoms with Gasteiger partial charge in [0.2, 0.25) is 11.8 Å². The molecule has 3 amide bonds. The molecule has 0 unspecified atom stereocenters. The van der Waals surface area contributed by atoms with Crippen molar-refractivity contribution < 1.29 is 28.6 Å². The number of hydrazine groups is 1. The zero-order valence-electron chi connectivity index (χ0n) is 16.2. The second kappa shape index (κ2) is 8.73. The number of hydrogen-bond acceptors (Lipinski definition) is 6. The van der Waals surface area contributed by atoms with Gasteiger partial charge in [-0.1, -0.05) is 12.1 Å². The summed E-state index contributed by atoms with van der Waals surface area (Å²) in [6.45, 7) is 1.71. The van der Waals surface area contributed by atoms with Crippen LogP contribution in [0, 0.1) is 0 Å². The molecule has 2 N–H and O–H groups in total. The van der Waals surface area contributed by atoms with Crippen LogP contribution in [0.5, 0.6) is 17.2 Å². The maximum atomic E-state index is 12.5. The Labute approximate surface area is 172 Å². The van der Waals surface area contributed by atoms with E-state index in [2.05, 4.69) is 10.9 Å². The molecule has 0 bridgehead atoms.